The van der Waals surface area contributed by atoms with Crippen LogP contribution in [0.5, 0.6) is 5.88 Å². The maximum Gasteiger partial charge on any atom is 0.212 e. The molecular weight excluding hydrogens is 360 g/mol. The SMILES string of the molecule is COc1ccc(CCc2ccc(Cc3c[nH]c4ncc(C5CC5)cc34)cn2)cn1. The van der Waals surface area contributed by atoms with Crippen LogP contribution in [0.3, 0.4) is 0 Å². The van der Waals surface area contributed by atoms with Crippen LogP contribution in [0.2, 0.25) is 0 Å². The molecule has 1 N–H and O–H groups in total. The fraction of sp³-hybridized carbons (Fsp3) is 0.292. The fourth-order valence-electron chi connectivity index (χ4n) is 3.74. The lowest BCUT2D eigenvalue weighted by Crippen LogP contribution is -1.97. The molecule has 5 nitrogen and oxygen atoms in total. The number of H-pyrrole nitrogens is 1. The minimum Gasteiger partial charge on any atom is -0.481 e. The summed E-state index contributed by atoms with van der Waals surface area (Å²) in [7, 11) is 1.63. The van der Waals surface area contributed by atoms with Crippen LogP contribution < -0.4 is 4.74 Å². The second kappa shape index (κ2) is 7.66. The van der Waals surface area contributed by atoms with Gasteiger partial charge in [-0.15, -0.1) is 0 Å². The number of rotatable bonds is 7. The number of nitrogens with zero attached hydrogens (tertiary/aromatic N) is 3. The Morgan fingerprint density at radius 1 is 0.966 bits per heavy atom. The van der Waals surface area contributed by atoms with Crippen molar-refractivity contribution >= 4 is 11.0 Å². The van der Waals surface area contributed by atoms with Crippen LogP contribution in [-0.4, -0.2) is 27.0 Å². The molecule has 0 saturated heterocycles. The molecule has 1 aliphatic carbocycles. The first-order valence-corrected chi connectivity index (χ1v) is 10.2. The van der Waals surface area contributed by atoms with Crippen LogP contribution in [0.15, 0.2) is 55.1 Å². The first-order chi connectivity index (χ1) is 14.3. The van der Waals surface area contributed by atoms with Crippen LogP contribution >= 0.6 is 0 Å². The molecule has 1 saturated carbocycles. The standard InChI is InChI=1S/C24H24N4O/c1-29-23-9-4-16(12-26-23)2-7-21-8-3-17(13-25-21)10-20-15-28-24-22(20)11-19(14-27-24)18-5-6-18/h3-4,8-9,11-15,18H,2,5-7,10H2,1H3,(H,27,28). The van der Waals surface area contributed by atoms with Crippen molar-refractivity contribution in [3.63, 3.8) is 0 Å². The predicted octanol–water partition coefficient (Wildman–Crippen LogP) is 4.61. The predicted molar refractivity (Wildman–Crippen MR) is 113 cm³/mol. The largest absolute Gasteiger partial charge is 0.481 e. The molecule has 5 rings (SSSR count). The van der Waals surface area contributed by atoms with E-state index in [1.54, 1.807) is 7.11 Å². The van der Waals surface area contributed by atoms with Gasteiger partial charge < -0.3 is 9.72 Å². The molecular formula is C24H24N4O. The highest BCUT2D eigenvalue weighted by atomic mass is 16.5. The zero-order valence-corrected chi connectivity index (χ0v) is 16.6. The molecule has 29 heavy (non-hydrogen) atoms. The molecule has 0 radical (unpaired) electrons. The third kappa shape index (κ3) is 3.99. The molecule has 4 aromatic rings. The van der Waals surface area contributed by atoms with E-state index in [1.807, 2.05) is 24.7 Å². The van der Waals surface area contributed by atoms with Gasteiger partial charge in [-0.05, 0) is 66.0 Å². The van der Waals surface area contributed by atoms with E-state index in [0.717, 1.165) is 36.5 Å². The summed E-state index contributed by atoms with van der Waals surface area (Å²) < 4.78 is 5.11. The summed E-state index contributed by atoms with van der Waals surface area (Å²) in [5.41, 5.74) is 7.14. The van der Waals surface area contributed by atoms with Gasteiger partial charge in [0.15, 0.2) is 0 Å². The summed E-state index contributed by atoms with van der Waals surface area (Å²) in [4.78, 5) is 16.8. The van der Waals surface area contributed by atoms with E-state index in [4.69, 9.17) is 4.74 Å². The number of methoxy groups -OCH3 is 1. The quantitative estimate of drug-likeness (QED) is 0.505. The third-order valence-corrected chi connectivity index (χ3v) is 5.64. The van der Waals surface area contributed by atoms with Gasteiger partial charge in [0, 0.05) is 48.4 Å². The molecule has 5 heteroatoms. The van der Waals surface area contributed by atoms with Crippen LogP contribution in [0.4, 0.5) is 0 Å². The summed E-state index contributed by atoms with van der Waals surface area (Å²) >= 11 is 0. The Morgan fingerprint density at radius 2 is 1.83 bits per heavy atom. The Bertz CT molecular complexity index is 1110. The fourth-order valence-corrected chi connectivity index (χ4v) is 3.74. The molecule has 4 aromatic heterocycles. The molecule has 0 aromatic carbocycles. The number of ether oxygens (including phenoxy) is 1. The second-order valence-electron chi connectivity index (χ2n) is 7.80. The molecule has 0 spiro atoms. The number of aryl methyl sites for hydroxylation is 2. The van der Waals surface area contributed by atoms with Crippen molar-refractivity contribution in [2.45, 2.75) is 38.0 Å². The highest BCUT2D eigenvalue weighted by Gasteiger charge is 2.24. The number of hydrogen-bond donors (Lipinski definition) is 1. The van der Waals surface area contributed by atoms with Gasteiger partial charge in [0.2, 0.25) is 5.88 Å². The third-order valence-electron chi connectivity index (χ3n) is 5.64. The monoisotopic (exact) mass is 384 g/mol. The lowest BCUT2D eigenvalue weighted by Gasteiger charge is -2.05. The molecule has 0 aliphatic heterocycles. The van der Waals surface area contributed by atoms with Gasteiger partial charge in [-0.3, -0.25) is 4.98 Å². The van der Waals surface area contributed by atoms with Gasteiger partial charge in [-0.2, -0.15) is 0 Å². The number of pyridine rings is 3. The first-order valence-electron chi connectivity index (χ1n) is 10.2. The highest BCUT2D eigenvalue weighted by Crippen LogP contribution is 2.40. The Kier molecular flexibility index (Phi) is 4.72. The summed E-state index contributed by atoms with van der Waals surface area (Å²) in [6, 6.07) is 10.6. The van der Waals surface area contributed by atoms with Gasteiger partial charge >= 0.3 is 0 Å². The van der Waals surface area contributed by atoms with Crippen molar-refractivity contribution in [3.05, 3.63) is 83.1 Å². The number of fused-ring (bicyclic) bond motifs is 1. The Morgan fingerprint density at radius 3 is 2.55 bits per heavy atom. The van der Waals surface area contributed by atoms with Crippen molar-refractivity contribution < 1.29 is 4.74 Å². The van der Waals surface area contributed by atoms with Gasteiger partial charge in [0.25, 0.3) is 0 Å². The van der Waals surface area contributed by atoms with Crippen LogP contribution in [0, 0.1) is 0 Å². The zero-order chi connectivity index (χ0) is 19.6. The zero-order valence-electron chi connectivity index (χ0n) is 16.6. The lowest BCUT2D eigenvalue weighted by molar-refractivity contribution is 0.397. The Balaban J connectivity index is 1.25. The van der Waals surface area contributed by atoms with Crippen molar-refractivity contribution in [3.8, 4) is 5.88 Å². The van der Waals surface area contributed by atoms with E-state index >= 15 is 0 Å². The Hall–Kier alpha value is -3.21. The van der Waals surface area contributed by atoms with Crippen LogP contribution in [0.1, 0.15) is 46.7 Å². The van der Waals surface area contributed by atoms with E-state index in [9.17, 15) is 0 Å². The topological polar surface area (TPSA) is 63.7 Å². The number of hydrogen-bond acceptors (Lipinski definition) is 4. The van der Waals surface area contributed by atoms with Crippen molar-refractivity contribution in [2.75, 3.05) is 7.11 Å². The van der Waals surface area contributed by atoms with Crippen LogP contribution in [-0.2, 0) is 19.3 Å². The molecule has 0 unspecified atom stereocenters. The smallest absolute Gasteiger partial charge is 0.212 e. The normalized spacial score (nSPS) is 13.7. The van der Waals surface area contributed by atoms with Crippen LogP contribution in [0.25, 0.3) is 11.0 Å². The van der Waals surface area contributed by atoms with Gasteiger partial charge in [0.1, 0.15) is 5.65 Å². The molecule has 4 heterocycles. The number of aromatic nitrogens is 4. The summed E-state index contributed by atoms with van der Waals surface area (Å²) in [5.74, 6) is 1.37. The highest BCUT2D eigenvalue weighted by molar-refractivity contribution is 5.80. The molecule has 1 aliphatic rings. The molecule has 0 bridgehead atoms. The minimum atomic E-state index is 0.646. The maximum absolute atomic E-state index is 5.11. The summed E-state index contributed by atoms with van der Waals surface area (Å²) in [6.45, 7) is 0. The van der Waals surface area contributed by atoms with Crippen molar-refractivity contribution in [1.82, 2.24) is 19.9 Å². The van der Waals surface area contributed by atoms with E-state index < -0.39 is 0 Å². The number of nitrogens with one attached hydrogen (secondary N) is 1. The van der Waals surface area contributed by atoms with Gasteiger partial charge in [-0.1, -0.05) is 12.1 Å². The maximum atomic E-state index is 5.11. The molecule has 1 fully saturated rings. The van der Waals surface area contributed by atoms with E-state index in [-0.39, 0.29) is 0 Å². The molecule has 146 valence electrons. The lowest BCUT2D eigenvalue weighted by atomic mass is 10.0. The van der Waals surface area contributed by atoms with Gasteiger partial charge in [0.05, 0.1) is 7.11 Å². The summed E-state index contributed by atoms with van der Waals surface area (Å²) in [5, 5.41) is 1.24. The Labute approximate surface area is 170 Å². The van der Waals surface area contributed by atoms with Crippen molar-refractivity contribution in [1.29, 1.82) is 0 Å². The van der Waals surface area contributed by atoms with Gasteiger partial charge in [-0.25, -0.2) is 9.97 Å². The average molecular weight is 384 g/mol. The van der Waals surface area contributed by atoms with E-state index in [2.05, 4.69) is 50.4 Å². The molecule has 0 atom stereocenters. The van der Waals surface area contributed by atoms with Crippen molar-refractivity contribution in [2.24, 2.45) is 0 Å². The van der Waals surface area contributed by atoms with E-state index in [1.165, 1.54) is 40.5 Å². The first kappa shape index (κ1) is 17.9. The average Bonchev–Trinajstić information content (AvgIpc) is 3.55. The summed E-state index contributed by atoms with van der Waals surface area (Å²) in [6.07, 6.45) is 13.2. The van der Waals surface area contributed by atoms with E-state index in [0.29, 0.717) is 5.88 Å². The number of aromatic amines is 1. The second-order valence-corrected chi connectivity index (χ2v) is 7.80. The molecule has 0 amide bonds. The minimum absolute atomic E-state index is 0.646.